The number of nitrogen functional groups attached to an aromatic ring is 1. The number of aromatic nitrogens is 6. The van der Waals surface area contributed by atoms with Gasteiger partial charge in [0.05, 0.1) is 34.2 Å². The highest BCUT2D eigenvalue weighted by Crippen LogP contribution is 2.39. The summed E-state index contributed by atoms with van der Waals surface area (Å²) in [6.45, 7) is -0.343. The second kappa shape index (κ2) is 9.16. The lowest BCUT2D eigenvalue weighted by Gasteiger charge is -2.17. The van der Waals surface area contributed by atoms with Crippen molar-refractivity contribution in [1.82, 2.24) is 30.6 Å². The summed E-state index contributed by atoms with van der Waals surface area (Å²) in [7, 11) is -9.00. The number of nitrogens with one attached hydrogen (secondary N) is 2. The number of anilines is 1. The van der Waals surface area contributed by atoms with E-state index in [0.717, 1.165) is 6.07 Å². The van der Waals surface area contributed by atoms with Crippen LogP contribution in [0, 0.1) is 0 Å². The first kappa shape index (κ1) is 24.4. The molecule has 0 bridgehead atoms. The van der Waals surface area contributed by atoms with Gasteiger partial charge >= 0.3 is 0 Å². The van der Waals surface area contributed by atoms with E-state index in [0.29, 0.717) is 16.8 Å². The SMILES string of the molecule is NC[C@H](O)CS(=O)(=O)c1ccc(-c2cccc(-c3cnc(N)[nH]3)c2)c(-c2nn[nH]n2)c1S(N)(=O)=O. The maximum atomic E-state index is 13.1. The number of rotatable bonds is 8. The van der Waals surface area contributed by atoms with E-state index >= 15 is 0 Å². The molecule has 0 unspecified atom stereocenters. The van der Waals surface area contributed by atoms with Crippen molar-refractivity contribution in [3.63, 3.8) is 0 Å². The fraction of sp³-hybridized carbons (Fsp3) is 0.158. The Morgan fingerprint density at radius 2 is 1.83 bits per heavy atom. The predicted molar refractivity (Wildman–Crippen MR) is 126 cm³/mol. The third-order valence-electron chi connectivity index (χ3n) is 5.07. The molecule has 1 atom stereocenters. The molecule has 9 N–H and O–H groups in total. The molecular formula is C19H21N9O5S2. The van der Waals surface area contributed by atoms with E-state index in [1.165, 1.54) is 12.3 Å². The van der Waals surface area contributed by atoms with Crippen LogP contribution < -0.4 is 16.6 Å². The van der Waals surface area contributed by atoms with Crippen molar-refractivity contribution in [1.29, 1.82) is 0 Å². The van der Waals surface area contributed by atoms with Crippen molar-refractivity contribution in [2.24, 2.45) is 10.9 Å². The highest BCUT2D eigenvalue weighted by molar-refractivity contribution is 7.93. The van der Waals surface area contributed by atoms with Gasteiger partial charge in [0.2, 0.25) is 15.8 Å². The number of benzene rings is 2. The number of imidazole rings is 1. The zero-order valence-corrected chi connectivity index (χ0v) is 19.6. The van der Waals surface area contributed by atoms with Crippen molar-refractivity contribution < 1.29 is 21.9 Å². The fourth-order valence-corrected chi connectivity index (χ4v) is 6.62. The number of tetrazole rings is 1. The molecule has 0 fully saturated rings. The summed E-state index contributed by atoms with van der Waals surface area (Å²) in [5, 5.41) is 28.8. The predicted octanol–water partition coefficient (Wildman–Crippen LogP) is -0.753. The van der Waals surface area contributed by atoms with Crippen LogP contribution in [-0.2, 0) is 19.9 Å². The lowest BCUT2D eigenvalue weighted by Crippen LogP contribution is -2.30. The van der Waals surface area contributed by atoms with Gasteiger partial charge in [0.15, 0.2) is 15.8 Å². The van der Waals surface area contributed by atoms with Gasteiger partial charge in [-0.3, -0.25) is 0 Å². The van der Waals surface area contributed by atoms with Gasteiger partial charge in [0.25, 0.3) is 0 Å². The van der Waals surface area contributed by atoms with Crippen LogP contribution in [0.4, 0.5) is 5.95 Å². The van der Waals surface area contributed by atoms with E-state index in [1.54, 1.807) is 24.3 Å². The average Bonchev–Trinajstić information content (AvgIpc) is 3.49. The van der Waals surface area contributed by atoms with Crippen LogP contribution in [-0.4, -0.2) is 70.9 Å². The fourth-order valence-electron chi connectivity index (χ4n) is 3.57. The Bertz CT molecular complexity index is 1580. The summed E-state index contributed by atoms with van der Waals surface area (Å²) in [6, 6.07) is 9.39. The van der Waals surface area contributed by atoms with Crippen molar-refractivity contribution in [2.75, 3.05) is 18.0 Å². The van der Waals surface area contributed by atoms with Crippen LogP contribution in [0.25, 0.3) is 33.8 Å². The zero-order chi connectivity index (χ0) is 25.4. The minimum Gasteiger partial charge on any atom is -0.391 e. The number of sulfone groups is 1. The van der Waals surface area contributed by atoms with Crippen LogP contribution in [0.1, 0.15) is 0 Å². The molecular weight excluding hydrogens is 498 g/mol. The molecule has 35 heavy (non-hydrogen) atoms. The van der Waals surface area contributed by atoms with Crippen molar-refractivity contribution in [3.05, 3.63) is 42.6 Å². The smallest absolute Gasteiger partial charge is 0.240 e. The van der Waals surface area contributed by atoms with E-state index in [2.05, 4.69) is 30.6 Å². The molecule has 4 aromatic rings. The first-order valence-electron chi connectivity index (χ1n) is 9.97. The summed E-state index contributed by atoms with van der Waals surface area (Å²) >= 11 is 0. The van der Waals surface area contributed by atoms with Crippen molar-refractivity contribution in [2.45, 2.75) is 15.9 Å². The van der Waals surface area contributed by atoms with Crippen molar-refractivity contribution >= 4 is 25.8 Å². The molecule has 2 aromatic carbocycles. The van der Waals surface area contributed by atoms with E-state index in [-0.39, 0.29) is 29.4 Å². The number of hydrogen-bond donors (Lipinski definition) is 6. The van der Waals surface area contributed by atoms with Gasteiger partial charge in [-0.15, -0.1) is 10.2 Å². The van der Waals surface area contributed by atoms with Crippen LogP contribution in [0.2, 0.25) is 0 Å². The first-order valence-corrected chi connectivity index (χ1v) is 13.2. The van der Waals surface area contributed by atoms with Gasteiger partial charge in [-0.2, -0.15) is 5.21 Å². The summed E-state index contributed by atoms with van der Waals surface area (Å²) in [5.41, 5.74) is 12.9. The van der Waals surface area contributed by atoms with Gasteiger partial charge in [-0.05, 0) is 28.5 Å². The Hall–Kier alpha value is -3.70. The van der Waals surface area contributed by atoms with Crippen LogP contribution in [0.15, 0.2) is 52.4 Å². The molecule has 0 aliphatic heterocycles. The lowest BCUT2D eigenvalue weighted by atomic mass is 9.97. The normalized spacial score (nSPS) is 13.1. The molecule has 16 heteroatoms. The average molecular weight is 520 g/mol. The number of nitrogens with zero attached hydrogens (tertiary/aromatic N) is 4. The molecule has 2 aromatic heterocycles. The van der Waals surface area contributed by atoms with Crippen LogP contribution >= 0.6 is 0 Å². The Kier molecular flexibility index (Phi) is 6.39. The zero-order valence-electron chi connectivity index (χ0n) is 18.0. The van der Waals surface area contributed by atoms with Gasteiger partial charge in [0, 0.05) is 12.1 Å². The molecule has 0 aliphatic rings. The minimum absolute atomic E-state index is 0.175. The summed E-state index contributed by atoms with van der Waals surface area (Å²) < 4.78 is 51.6. The number of aromatic amines is 2. The lowest BCUT2D eigenvalue weighted by molar-refractivity contribution is 0.205. The topological polar surface area (TPSA) is 250 Å². The largest absolute Gasteiger partial charge is 0.391 e. The molecule has 0 saturated heterocycles. The third-order valence-corrected chi connectivity index (χ3v) is 8.03. The molecule has 0 amide bonds. The second-order valence-electron chi connectivity index (χ2n) is 7.53. The highest BCUT2D eigenvalue weighted by Gasteiger charge is 2.33. The molecule has 0 saturated carbocycles. The monoisotopic (exact) mass is 519 g/mol. The standard InChI is InChI=1S/C19H21N9O5S2/c20-7-12(29)9-34(30,31)15-5-4-13(16(17(15)35(22,32)33)18-25-27-28-26-18)10-2-1-3-11(6-10)14-8-23-19(21)24-14/h1-6,8,12,29H,7,9,20H2,(H3,21,23,24)(H2,22,32,33)(H,25,26,27,28)/t12-/m0/s1. The minimum atomic E-state index is -4.65. The molecule has 0 radical (unpaired) electrons. The summed E-state index contributed by atoms with van der Waals surface area (Å²) in [6.07, 6.45) is 0.114. The number of sulfonamides is 1. The summed E-state index contributed by atoms with van der Waals surface area (Å²) in [4.78, 5) is 5.52. The van der Waals surface area contributed by atoms with Crippen LogP contribution in [0.3, 0.4) is 0 Å². The Morgan fingerprint density at radius 3 is 2.43 bits per heavy atom. The number of H-pyrrole nitrogens is 2. The number of hydrogen-bond acceptors (Lipinski definition) is 11. The number of aliphatic hydroxyl groups excluding tert-OH is 1. The van der Waals surface area contributed by atoms with E-state index in [4.69, 9.17) is 16.6 Å². The van der Waals surface area contributed by atoms with Gasteiger partial charge < -0.3 is 21.6 Å². The molecule has 2 heterocycles. The Labute approximate surface area is 199 Å². The number of aliphatic hydroxyl groups is 1. The Balaban J connectivity index is 2.02. The third kappa shape index (κ3) is 4.91. The molecule has 0 aliphatic carbocycles. The maximum absolute atomic E-state index is 13.1. The maximum Gasteiger partial charge on any atom is 0.240 e. The van der Waals surface area contributed by atoms with Crippen LogP contribution in [0.5, 0.6) is 0 Å². The number of nitrogens with two attached hydrogens (primary N) is 3. The summed E-state index contributed by atoms with van der Waals surface area (Å²) in [5.74, 6) is -0.798. The molecule has 184 valence electrons. The molecule has 4 rings (SSSR count). The van der Waals surface area contributed by atoms with Gasteiger partial charge in [-0.25, -0.2) is 27.0 Å². The second-order valence-corrected chi connectivity index (χ2v) is 11.0. The highest BCUT2D eigenvalue weighted by atomic mass is 32.2. The van der Waals surface area contributed by atoms with E-state index < -0.39 is 41.5 Å². The van der Waals surface area contributed by atoms with E-state index in [1.807, 2.05) is 0 Å². The quantitative estimate of drug-likeness (QED) is 0.169. The number of primary sulfonamides is 1. The Morgan fingerprint density at radius 1 is 1.09 bits per heavy atom. The van der Waals surface area contributed by atoms with E-state index in [9.17, 15) is 21.9 Å². The molecule has 0 spiro atoms. The first-order chi connectivity index (χ1) is 16.5. The van der Waals surface area contributed by atoms with Gasteiger partial charge in [0.1, 0.15) is 4.90 Å². The molecule has 14 nitrogen and oxygen atoms in total. The van der Waals surface area contributed by atoms with Gasteiger partial charge in [-0.1, -0.05) is 24.3 Å². The van der Waals surface area contributed by atoms with Crippen molar-refractivity contribution in [3.8, 4) is 33.8 Å².